The van der Waals surface area contributed by atoms with E-state index in [2.05, 4.69) is 15.2 Å². The maximum absolute atomic E-state index is 12.2. The molecule has 0 aliphatic carbocycles. The fraction of sp³-hybridized carbons (Fsp3) is 0.909. The molecule has 2 fully saturated rings. The molecule has 30 heavy (non-hydrogen) atoms. The Hall–Kier alpha value is -1.54. The second-order valence-electron chi connectivity index (χ2n) is 9.24. The van der Waals surface area contributed by atoms with Crippen molar-refractivity contribution in [3.63, 3.8) is 0 Å². The van der Waals surface area contributed by atoms with E-state index in [4.69, 9.17) is 14.2 Å². The van der Waals surface area contributed by atoms with Crippen molar-refractivity contribution in [3.8, 4) is 0 Å². The number of ether oxygens (including phenoxy) is 3. The zero-order valence-corrected chi connectivity index (χ0v) is 19.6. The number of likely N-dealkylation sites (tertiary alicyclic amines) is 2. The van der Waals surface area contributed by atoms with E-state index < -0.39 is 5.60 Å². The third kappa shape index (κ3) is 8.68. The number of carbonyl (C=O) groups excluding carboxylic acids is 1. The summed E-state index contributed by atoms with van der Waals surface area (Å²) in [5.74, 6) is 1.52. The van der Waals surface area contributed by atoms with Crippen molar-refractivity contribution in [1.82, 2.24) is 15.1 Å². The number of nitrogens with one attached hydrogen (secondary N) is 1. The summed E-state index contributed by atoms with van der Waals surface area (Å²) in [5, 5.41) is 3.55. The molecule has 0 unspecified atom stereocenters. The number of guanidine groups is 1. The number of piperidine rings is 2. The van der Waals surface area contributed by atoms with Crippen molar-refractivity contribution >= 4 is 12.1 Å². The van der Waals surface area contributed by atoms with Crippen LogP contribution >= 0.6 is 0 Å². The lowest BCUT2D eigenvalue weighted by Gasteiger charge is -2.36. The Morgan fingerprint density at radius 2 is 1.67 bits per heavy atom. The SMILES string of the molecule is CN=C(NCC1CCN(C(=O)OC(C)(C)C)CC1)N1CCC(OCCCOC)CC1. The molecule has 2 aliphatic rings. The van der Waals surface area contributed by atoms with Crippen LogP contribution in [0.15, 0.2) is 4.99 Å². The van der Waals surface area contributed by atoms with E-state index in [9.17, 15) is 4.79 Å². The first-order valence-corrected chi connectivity index (χ1v) is 11.4. The van der Waals surface area contributed by atoms with Gasteiger partial charge in [-0.15, -0.1) is 0 Å². The topological polar surface area (TPSA) is 75.6 Å². The fourth-order valence-corrected chi connectivity index (χ4v) is 3.90. The van der Waals surface area contributed by atoms with E-state index in [1.807, 2.05) is 32.7 Å². The van der Waals surface area contributed by atoms with Crippen molar-refractivity contribution in [2.45, 2.75) is 64.6 Å². The van der Waals surface area contributed by atoms with E-state index >= 15 is 0 Å². The third-order valence-electron chi connectivity index (χ3n) is 5.61. The van der Waals surface area contributed by atoms with Crippen molar-refractivity contribution in [3.05, 3.63) is 0 Å². The lowest BCUT2D eigenvalue weighted by atomic mass is 9.97. The van der Waals surface area contributed by atoms with Gasteiger partial charge in [-0.2, -0.15) is 0 Å². The summed E-state index contributed by atoms with van der Waals surface area (Å²) < 4.78 is 16.5. The monoisotopic (exact) mass is 426 g/mol. The number of amides is 1. The van der Waals surface area contributed by atoms with E-state index in [-0.39, 0.29) is 6.09 Å². The van der Waals surface area contributed by atoms with E-state index in [1.165, 1.54) is 0 Å². The molecule has 8 heteroatoms. The molecule has 0 spiro atoms. The molecule has 0 aromatic heterocycles. The molecule has 0 radical (unpaired) electrons. The Morgan fingerprint density at radius 1 is 1.03 bits per heavy atom. The Balaban J connectivity index is 1.65. The number of carbonyl (C=O) groups is 1. The lowest BCUT2D eigenvalue weighted by molar-refractivity contribution is 0.00968. The number of hydrogen-bond acceptors (Lipinski definition) is 5. The van der Waals surface area contributed by atoms with Gasteiger partial charge in [-0.1, -0.05) is 0 Å². The maximum Gasteiger partial charge on any atom is 0.410 e. The largest absolute Gasteiger partial charge is 0.444 e. The summed E-state index contributed by atoms with van der Waals surface area (Å²) in [7, 11) is 3.57. The van der Waals surface area contributed by atoms with E-state index in [0.29, 0.717) is 12.0 Å². The van der Waals surface area contributed by atoms with Gasteiger partial charge in [-0.05, 0) is 58.8 Å². The summed E-state index contributed by atoms with van der Waals surface area (Å²) in [4.78, 5) is 20.8. The number of nitrogens with zero attached hydrogens (tertiary/aromatic N) is 3. The fourth-order valence-electron chi connectivity index (χ4n) is 3.90. The van der Waals surface area contributed by atoms with Crippen LogP contribution in [0.5, 0.6) is 0 Å². The smallest absolute Gasteiger partial charge is 0.410 e. The second-order valence-corrected chi connectivity index (χ2v) is 9.24. The predicted octanol–water partition coefficient (Wildman–Crippen LogP) is 2.73. The molecule has 174 valence electrons. The van der Waals surface area contributed by atoms with Crippen LogP contribution in [0.2, 0.25) is 0 Å². The van der Waals surface area contributed by atoms with E-state index in [0.717, 1.165) is 84.0 Å². The zero-order valence-electron chi connectivity index (χ0n) is 19.6. The third-order valence-corrected chi connectivity index (χ3v) is 5.61. The predicted molar refractivity (Wildman–Crippen MR) is 119 cm³/mol. The first-order chi connectivity index (χ1) is 14.3. The number of aliphatic imine (C=N–C) groups is 1. The molecule has 8 nitrogen and oxygen atoms in total. The first kappa shape index (κ1) is 24.7. The quantitative estimate of drug-likeness (QED) is 0.383. The molecule has 0 bridgehead atoms. The Kier molecular flexibility index (Phi) is 10.2. The summed E-state index contributed by atoms with van der Waals surface area (Å²) >= 11 is 0. The molecule has 1 amide bonds. The molecular weight excluding hydrogens is 384 g/mol. The van der Waals surface area contributed by atoms with Crippen LogP contribution < -0.4 is 5.32 Å². The number of hydrogen-bond donors (Lipinski definition) is 1. The highest BCUT2D eigenvalue weighted by molar-refractivity contribution is 5.80. The molecule has 2 saturated heterocycles. The molecule has 0 saturated carbocycles. The summed E-state index contributed by atoms with van der Waals surface area (Å²) in [5.41, 5.74) is -0.440. The minimum Gasteiger partial charge on any atom is -0.444 e. The van der Waals surface area contributed by atoms with Crippen LogP contribution in [-0.4, -0.2) is 93.7 Å². The Morgan fingerprint density at radius 3 is 2.23 bits per heavy atom. The minimum absolute atomic E-state index is 0.197. The molecule has 0 aromatic rings. The van der Waals surface area contributed by atoms with Crippen LogP contribution in [0.25, 0.3) is 0 Å². The number of rotatable bonds is 7. The summed E-state index contributed by atoms with van der Waals surface area (Å²) in [6.45, 7) is 11.6. The van der Waals surface area contributed by atoms with Gasteiger partial charge in [0.25, 0.3) is 0 Å². The molecule has 1 N–H and O–H groups in total. The molecule has 0 aromatic carbocycles. The van der Waals surface area contributed by atoms with Crippen molar-refractivity contribution in [2.75, 3.05) is 60.1 Å². The van der Waals surface area contributed by atoms with Crippen molar-refractivity contribution in [1.29, 1.82) is 0 Å². The van der Waals surface area contributed by atoms with Gasteiger partial charge in [0, 0.05) is 60.1 Å². The highest BCUT2D eigenvalue weighted by atomic mass is 16.6. The van der Waals surface area contributed by atoms with Gasteiger partial charge in [-0.25, -0.2) is 4.79 Å². The summed E-state index contributed by atoms with van der Waals surface area (Å²) in [6.07, 6.45) is 5.13. The second kappa shape index (κ2) is 12.3. The van der Waals surface area contributed by atoms with Gasteiger partial charge < -0.3 is 29.3 Å². The van der Waals surface area contributed by atoms with Gasteiger partial charge in [0.15, 0.2) is 5.96 Å². The highest BCUT2D eigenvalue weighted by Crippen LogP contribution is 2.20. The van der Waals surface area contributed by atoms with Gasteiger partial charge in [-0.3, -0.25) is 4.99 Å². The number of methoxy groups -OCH3 is 1. The molecular formula is C22H42N4O4. The van der Waals surface area contributed by atoms with Crippen molar-refractivity contribution < 1.29 is 19.0 Å². The minimum atomic E-state index is -0.440. The van der Waals surface area contributed by atoms with Gasteiger partial charge in [0.1, 0.15) is 5.60 Å². The molecule has 2 aliphatic heterocycles. The van der Waals surface area contributed by atoms with Crippen LogP contribution in [0.3, 0.4) is 0 Å². The van der Waals surface area contributed by atoms with Crippen LogP contribution in [0, 0.1) is 5.92 Å². The molecule has 0 atom stereocenters. The normalized spacial score (nSPS) is 19.8. The van der Waals surface area contributed by atoms with Crippen LogP contribution in [-0.2, 0) is 14.2 Å². The van der Waals surface area contributed by atoms with Crippen LogP contribution in [0.1, 0.15) is 52.9 Å². The maximum atomic E-state index is 12.2. The van der Waals surface area contributed by atoms with Gasteiger partial charge >= 0.3 is 6.09 Å². The van der Waals surface area contributed by atoms with Gasteiger partial charge in [0.05, 0.1) is 6.10 Å². The van der Waals surface area contributed by atoms with Crippen LogP contribution in [0.4, 0.5) is 4.79 Å². The first-order valence-electron chi connectivity index (χ1n) is 11.4. The average Bonchev–Trinajstić information content (AvgIpc) is 2.72. The summed E-state index contributed by atoms with van der Waals surface area (Å²) in [6, 6.07) is 0. The molecule has 2 heterocycles. The van der Waals surface area contributed by atoms with E-state index in [1.54, 1.807) is 7.11 Å². The van der Waals surface area contributed by atoms with Gasteiger partial charge in [0.2, 0.25) is 0 Å². The lowest BCUT2D eigenvalue weighted by Crippen LogP contribution is -2.49. The standard InChI is InChI=1S/C22H42N4O4/c1-22(2,3)30-21(27)26-11-7-18(8-12-26)17-24-20(23-4)25-13-9-19(10-14-25)29-16-6-15-28-5/h18-19H,6-17H2,1-5H3,(H,23,24). The Bertz CT molecular complexity index is 534. The van der Waals surface area contributed by atoms with Crippen molar-refractivity contribution in [2.24, 2.45) is 10.9 Å². The zero-order chi connectivity index (χ0) is 22.0. The Labute approximate surface area is 182 Å². The highest BCUT2D eigenvalue weighted by Gasteiger charge is 2.27. The molecule has 2 rings (SSSR count). The average molecular weight is 427 g/mol.